The highest BCUT2D eigenvalue weighted by atomic mass is 32.2. The Hall–Kier alpha value is -0.470. The third-order valence-corrected chi connectivity index (χ3v) is 4.97. The third-order valence-electron chi connectivity index (χ3n) is 3.86. The van der Waals surface area contributed by atoms with Crippen LogP contribution in [0, 0.1) is 0 Å². The zero-order chi connectivity index (χ0) is 15.2. The first-order valence-corrected chi connectivity index (χ1v) is 9.74. The highest BCUT2D eigenvalue weighted by molar-refractivity contribution is 7.99. The predicted octanol–water partition coefficient (Wildman–Crippen LogP) is 6.33. The molecule has 1 atom stereocenters. The number of unbranched alkanes of at least 4 members (excludes halogenated alkanes) is 9. The van der Waals surface area contributed by atoms with Gasteiger partial charge in [-0.05, 0) is 17.7 Å². The maximum Gasteiger partial charge on any atom is 0.125 e. The average molecular weight is 309 g/mol. The van der Waals surface area contributed by atoms with Crippen molar-refractivity contribution in [2.45, 2.75) is 76.6 Å². The Morgan fingerprint density at radius 1 is 0.810 bits per heavy atom. The molecule has 1 nitrogen and oxygen atoms in total. The number of thioether (sulfide) groups is 1. The minimum atomic E-state index is -0.357. The summed E-state index contributed by atoms with van der Waals surface area (Å²) in [5.74, 6) is 1.06. The second-order valence-corrected chi connectivity index (χ2v) is 7.00. The molecule has 21 heavy (non-hydrogen) atoms. The lowest BCUT2D eigenvalue weighted by Gasteiger charge is -2.10. The van der Waals surface area contributed by atoms with Crippen LogP contribution in [0.1, 0.15) is 82.1 Å². The van der Waals surface area contributed by atoms with Crippen LogP contribution in [0.25, 0.3) is 0 Å². The number of rotatable bonds is 13. The summed E-state index contributed by atoms with van der Waals surface area (Å²) in [6.07, 6.45) is 13.7. The van der Waals surface area contributed by atoms with E-state index in [2.05, 4.69) is 6.92 Å². The van der Waals surface area contributed by atoms with E-state index in [4.69, 9.17) is 0 Å². The number of hydrogen-bond donors (Lipinski definition) is 1. The molecule has 0 radical (unpaired) electrons. The monoisotopic (exact) mass is 308 g/mol. The van der Waals surface area contributed by atoms with Crippen LogP contribution in [-0.2, 0) is 0 Å². The number of aliphatic hydroxyl groups is 1. The summed E-state index contributed by atoms with van der Waals surface area (Å²) in [6, 6.07) is 9.95. The van der Waals surface area contributed by atoms with Crippen LogP contribution in [0.5, 0.6) is 0 Å². The SMILES string of the molecule is CCCCCCCCCCCCSC(O)c1ccccc1. The Kier molecular flexibility index (Phi) is 11.7. The molecule has 1 rings (SSSR count). The Balaban J connectivity index is 1.86. The second-order valence-electron chi connectivity index (χ2n) is 5.82. The summed E-state index contributed by atoms with van der Waals surface area (Å²) in [4.78, 5) is 0. The zero-order valence-corrected chi connectivity index (χ0v) is 14.4. The van der Waals surface area contributed by atoms with Gasteiger partial charge in [0.25, 0.3) is 0 Å². The molecule has 1 unspecified atom stereocenters. The van der Waals surface area contributed by atoms with E-state index in [0.29, 0.717) is 0 Å². The van der Waals surface area contributed by atoms with Gasteiger partial charge in [0.15, 0.2) is 0 Å². The molecule has 0 amide bonds. The molecular weight excluding hydrogens is 276 g/mol. The summed E-state index contributed by atoms with van der Waals surface area (Å²) in [7, 11) is 0. The molecule has 120 valence electrons. The lowest BCUT2D eigenvalue weighted by Crippen LogP contribution is -1.93. The summed E-state index contributed by atoms with van der Waals surface area (Å²) in [5, 5.41) is 10.0. The van der Waals surface area contributed by atoms with Crippen molar-refractivity contribution in [2.24, 2.45) is 0 Å². The molecule has 0 spiro atoms. The van der Waals surface area contributed by atoms with Gasteiger partial charge in [0.05, 0.1) is 0 Å². The van der Waals surface area contributed by atoms with E-state index in [1.165, 1.54) is 64.2 Å². The standard InChI is InChI=1S/C19H32OS/c1-2-3-4-5-6-7-8-9-10-14-17-21-19(20)18-15-12-11-13-16-18/h11-13,15-16,19-20H,2-10,14,17H2,1H3. The molecule has 0 aliphatic heterocycles. The molecular formula is C19H32OS. The van der Waals surface area contributed by atoms with Crippen LogP contribution in [0.4, 0.5) is 0 Å². The fourth-order valence-corrected chi connectivity index (χ4v) is 3.44. The maximum atomic E-state index is 10.0. The van der Waals surface area contributed by atoms with Crippen LogP contribution < -0.4 is 0 Å². The van der Waals surface area contributed by atoms with Crippen LogP contribution in [0.15, 0.2) is 30.3 Å². The lowest BCUT2D eigenvalue weighted by atomic mass is 10.1. The third kappa shape index (κ3) is 9.97. The van der Waals surface area contributed by atoms with Gasteiger partial charge in [0, 0.05) is 0 Å². The summed E-state index contributed by atoms with van der Waals surface area (Å²) in [6.45, 7) is 2.27. The van der Waals surface area contributed by atoms with Gasteiger partial charge in [-0.2, -0.15) is 0 Å². The lowest BCUT2D eigenvalue weighted by molar-refractivity contribution is 0.270. The summed E-state index contributed by atoms with van der Waals surface area (Å²) >= 11 is 1.66. The highest BCUT2D eigenvalue weighted by Crippen LogP contribution is 2.26. The Morgan fingerprint density at radius 2 is 1.33 bits per heavy atom. The zero-order valence-electron chi connectivity index (χ0n) is 13.6. The van der Waals surface area contributed by atoms with Crippen LogP contribution >= 0.6 is 11.8 Å². The fourth-order valence-electron chi connectivity index (χ4n) is 2.50. The van der Waals surface area contributed by atoms with Gasteiger partial charge in [-0.25, -0.2) is 0 Å². The molecule has 1 N–H and O–H groups in total. The molecule has 0 aliphatic rings. The molecule has 0 aliphatic carbocycles. The van der Waals surface area contributed by atoms with Gasteiger partial charge >= 0.3 is 0 Å². The van der Waals surface area contributed by atoms with Crippen molar-refractivity contribution in [3.05, 3.63) is 35.9 Å². The molecule has 0 fully saturated rings. The molecule has 1 aromatic carbocycles. The Bertz CT molecular complexity index is 326. The van der Waals surface area contributed by atoms with Crippen LogP contribution in [0.3, 0.4) is 0 Å². The van der Waals surface area contributed by atoms with Crippen LogP contribution in [-0.4, -0.2) is 10.9 Å². The van der Waals surface area contributed by atoms with Crippen molar-refractivity contribution in [3.63, 3.8) is 0 Å². The second kappa shape index (κ2) is 13.2. The van der Waals surface area contributed by atoms with Gasteiger partial charge in [-0.15, -0.1) is 11.8 Å². The van der Waals surface area contributed by atoms with Crippen molar-refractivity contribution in [2.75, 3.05) is 5.75 Å². The quantitative estimate of drug-likeness (QED) is 0.339. The van der Waals surface area contributed by atoms with Crippen molar-refractivity contribution in [1.29, 1.82) is 0 Å². The maximum absolute atomic E-state index is 10.0. The molecule has 0 aromatic heterocycles. The topological polar surface area (TPSA) is 20.2 Å². The Labute approximate surface area is 135 Å². The van der Waals surface area contributed by atoms with Gasteiger partial charge in [0.1, 0.15) is 5.44 Å². The molecule has 0 bridgehead atoms. The van der Waals surface area contributed by atoms with Crippen molar-refractivity contribution in [1.82, 2.24) is 0 Å². The highest BCUT2D eigenvalue weighted by Gasteiger charge is 2.06. The Morgan fingerprint density at radius 3 is 1.90 bits per heavy atom. The van der Waals surface area contributed by atoms with Gasteiger partial charge in [-0.1, -0.05) is 95.0 Å². The molecule has 0 saturated heterocycles. The van der Waals surface area contributed by atoms with Gasteiger partial charge < -0.3 is 5.11 Å². The first kappa shape index (κ1) is 18.6. The summed E-state index contributed by atoms with van der Waals surface area (Å²) < 4.78 is 0. The molecule has 0 saturated carbocycles. The number of hydrogen-bond acceptors (Lipinski definition) is 2. The number of benzene rings is 1. The smallest absolute Gasteiger partial charge is 0.125 e. The molecule has 0 heterocycles. The minimum Gasteiger partial charge on any atom is -0.378 e. The first-order chi connectivity index (χ1) is 10.3. The van der Waals surface area contributed by atoms with E-state index in [0.717, 1.165) is 11.3 Å². The van der Waals surface area contributed by atoms with E-state index >= 15 is 0 Å². The summed E-state index contributed by atoms with van der Waals surface area (Å²) in [5.41, 5.74) is 0.666. The first-order valence-electron chi connectivity index (χ1n) is 8.69. The number of aliphatic hydroxyl groups excluding tert-OH is 1. The largest absolute Gasteiger partial charge is 0.378 e. The van der Waals surface area contributed by atoms with Crippen LogP contribution in [0.2, 0.25) is 0 Å². The normalized spacial score (nSPS) is 12.5. The minimum absolute atomic E-state index is 0.357. The average Bonchev–Trinajstić information content (AvgIpc) is 2.53. The van der Waals surface area contributed by atoms with E-state index < -0.39 is 0 Å². The van der Waals surface area contributed by atoms with Crippen molar-refractivity contribution < 1.29 is 5.11 Å². The van der Waals surface area contributed by atoms with E-state index in [9.17, 15) is 5.11 Å². The van der Waals surface area contributed by atoms with E-state index in [-0.39, 0.29) is 5.44 Å². The van der Waals surface area contributed by atoms with E-state index in [1.807, 2.05) is 30.3 Å². The van der Waals surface area contributed by atoms with Crippen molar-refractivity contribution >= 4 is 11.8 Å². The fraction of sp³-hybridized carbons (Fsp3) is 0.684. The van der Waals surface area contributed by atoms with E-state index in [1.54, 1.807) is 11.8 Å². The van der Waals surface area contributed by atoms with Gasteiger partial charge in [-0.3, -0.25) is 0 Å². The predicted molar refractivity (Wildman–Crippen MR) is 95.7 cm³/mol. The molecule has 1 aromatic rings. The van der Waals surface area contributed by atoms with Crippen molar-refractivity contribution in [3.8, 4) is 0 Å². The van der Waals surface area contributed by atoms with Gasteiger partial charge in [0.2, 0.25) is 0 Å². The molecule has 2 heteroatoms.